The van der Waals surface area contributed by atoms with E-state index in [1.54, 1.807) is 6.07 Å². The van der Waals surface area contributed by atoms with Gasteiger partial charge in [-0.3, -0.25) is 4.79 Å². The molecule has 2 aliphatic rings. The van der Waals surface area contributed by atoms with Crippen LogP contribution in [0.2, 0.25) is 5.82 Å². The number of alkyl halides is 1. The molecule has 7 nitrogen and oxygen atoms in total. The summed E-state index contributed by atoms with van der Waals surface area (Å²) in [6.07, 6.45) is 0.732. The van der Waals surface area contributed by atoms with Crippen LogP contribution < -0.4 is 9.39 Å². The third-order valence-corrected chi connectivity index (χ3v) is 3.73. The molecule has 0 N–H and O–H groups in total. The maximum absolute atomic E-state index is 12.2. The van der Waals surface area contributed by atoms with Crippen LogP contribution in [0.1, 0.15) is 28.3 Å². The topological polar surface area (TPSA) is 94.4 Å². The highest BCUT2D eigenvalue weighted by molar-refractivity contribution is 6.54. The lowest BCUT2D eigenvalue weighted by Gasteiger charge is -2.22. The quantitative estimate of drug-likeness (QED) is 0.613. The molecule has 2 unspecified atom stereocenters. The zero-order valence-electron chi connectivity index (χ0n) is 10.8. The molecular weight excluding hydrogens is 282 g/mol. The molecule has 1 heterocycles. The van der Waals surface area contributed by atoms with Crippen LogP contribution in [0.15, 0.2) is 22.4 Å². The van der Waals surface area contributed by atoms with E-state index in [0.717, 1.165) is 12.0 Å². The summed E-state index contributed by atoms with van der Waals surface area (Å²) < 4.78 is 22.8. The fourth-order valence-corrected chi connectivity index (χ4v) is 2.71. The van der Waals surface area contributed by atoms with Gasteiger partial charge in [0.05, 0.1) is 0 Å². The average Bonchev–Trinajstić information content (AvgIpc) is 3.31. The summed E-state index contributed by atoms with van der Waals surface area (Å²) >= 11 is 0. The zero-order valence-corrected chi connectivity index (χ0v) is 10.8. The van der Waals surface area contributed by atoms with Crippen molar-refractivity contribution >= 4 is 13.0 Å². The molecule has 1 aromatic rings. The number of rotatable bonds is 5. The van der Waals surface area contributed by atoms with Crippen molar-refractivity contribution in [2.75, 3.05) is 13.3 Å². The Morgan fingerprint density at radius 1 is 1.48 bits per heavy atom. The molecule has 1 aromatic carbocycles. The Morgan fingerprint density at radius 3 is 2.95 bits per heavy atom. The van der Waals surface area contributed by atoms with Gasteiger partial charge in [-0.2, -0.15) is 4.91 Å². The summed E-state index contributed by atoms with van der Waals surface area (Å²) in [4.78, 5) is 33.1. The van der Waals surface area contributed by atoms with E-state index in [1.165, 1.54) is 6.07 Å². The SMILES string of the molecule is O=NB1Oc2c(ccc(OCCF)c2C(=O)N=O)C2CC12. The highest BCUT2D eigenvalue weighted by Crippen LogP contribution is 2.61. The number of ether oxygens (including phenoxy) is 1. The van der Waals surface area contributed by atoms with Crippen LogP contribution in [0, 0.1) is 9.81 Å². The number of hydrogen-bond donors (Lipinski definition) is 0. The average molecular weight is 292 g/mol. The normalized spacial score (nSPS) is 21.7. The molecule has 1 saturated carbocycles. The summed E-state index contributed by atoms with van der Waals surface area (Å²) in [6, 6.07) is 3.18. The first-order valence-corrected chi connectivity index (χ1v) is 6.43. The molecule has 2 atom stereocenters. The standard InChI is InChI=1S/C12H10BFN2O5/c14-3-4-20-9-2-1-6-7-5-8(7)13(16-19)21-11(6)10(9)12(17)15-18/h1-2,7-8H,3-5H2. The molecular formula is C12H10BFN2O5. The minimum absolute atomic E-state index is 0.000229. The Balaban J connectivity index is 2.08. The lowest BCUT2D eigenvalue weighted by molar-refractivity contribution is 0.0994. The van der Waals surface area contributed by atoms with Crippen LogP contribution in [-0.4, -0.2) is 26.2 Å². The second-order valence-corrected chi connectivity index (χ2v) is 4.91. The van der Waals surface area contributed by atoms with Gasteiger partial charge in [0.2, 0.25) is 0 Å². The van der Waals surface area contributed by atoms with Crippen molar-refractivity contribution in [3.05, 3.63) is 33.1 Å². The molecule has 108 valence electrons. The van der Waals surface area contributed by atoms with Gasteiger partial charge in [0, 0.05) is 11.0 Å². The van der Waals surface area contributed by atoms with Crippen molar-refractivity contribution in [2.45, 2.75) is 18.2 Å². The fourth-order valence-electron chi connectivity index (χ4n) is 2.71. The molecule has 1 aliphatic heterocycles. The van der Waals surface area contributed by atoms with Crippen LogP contribution in [0.25, 0.3) is 0 Å². The zero-order chi connectivity index (χ0) is 15.0. The second kappa shape index (κ2) is 5.23. The van der Waals surface area contributed by atoms with Crippen LogP contribution in [0.3, 0.4) is 0 Å². The number of benzene rings is 1. The van der Waals surface area contributed by atoms with Gasteiger partial charge < -0.3 is 9.39 Å². The highest BCUT2D eigenvalue weighted by atomic mass is 19.1. The monoisotopic (exact) mass is 292 g/mol. The van der Waals surface area contributed by atoms with Crippen molar-refractivity contribution in [3.8, 4) is 11.5 Å². The number of hydrogen-bond acceptors (Lipinski definition) is 6. The molecule has 0 saturated heterocycles. The smallest absolute Gasteiger partial charge is 0.537 e. The summed E-state index contributed by atoms with van der Waals surface area (Å²) in [7, 11) is -0.892. The van der Waals surface area contributed by atoms with E-state index in [2.05, 4.69) is 10.3 Å². The second-order valence-electron chi connectivity index (χ2n) is 4.91. The molecule has 0 bridgehead atoms. The first-order valence-electron chi connectivity index (χ1n) is 6.43. The van der Waals surface area contributed by atoms with Crippen LogP contribution >= 0.6 is 0 Å². The van der Waals surface area contributed by atoms with Crippen LogP contribution in [0.4, 0.5) is 4.39 Å². The van der Waals surface area contributed by atoms with Crippen LogP contribution in [-0.2, 0) is 0 Å². The number of nitroso groups, excluding NO2 is 2. The van der Waals surface area contributed by atoms with Crippen molar-refractivity contribution in [1.82, 2.24) is 0 Å². The summed E-state index contributed by atoms with van der Waals surface area (Å²) in [5.74, 6) is -0.895. The third-order valence-electron chi connectivity index (χ3n) is 3.73. The predicted octanol–water partition coefficient (Wildman–Crippen LogP) is 2.45. The Morgan fingerprint density at radius 2 is 2.29 bits per heavy atom. The summed E-state index contributed by atoms with van der Waals surface area (Å²) in [6.45, 7) is -1.01. The Bertz CT molecular complexity index is 626. The van der Waals surface area contributed by atoms with E-state index in [0.29, 0.717) is 0 Å². The molecule has 1 amide bonds. The minimum atomic E-state index is -1.08. The van der Waals surface area contributed by atoms with Gasteiger partial charge in [-0.15, -0.1) is 4.91 Å². The first-order chi connectivity index (χ1) is 10.2. The Labute approximate surface area is 118 Å². The number of carbonyl (C=O) groups excluding carboxylic acids is 1. The van der Waals surface area contributed by atoms with Gasteiger partial charge in [-0.1, -0.05) is 11.2 Å². The van der Waals surface area contributed by atoms with E-state index in [-0.39, 0.29) is 35.4 Å². The number of nitrogens with zero attached hydrogens (tertiary/aromatic N) is 2. The fraction of sp³-hybridized carbons (Fsp3) is 0.417. The van der Waals surface area contributed by atoms with Gasteiger partial charge >= 0.3 is 13.0 Å². The highest BCUT2D eigenvalue weighted by Gasteiger charge is 2.56. The van der Waals surface area contributed by atoms with Gasteiger partial charge in [-0.05, 0) is 24.0 Å². The van der Waals surface area contributed by atoms with Gasteiger partial charge in [0.15, 0.2) is 0 Å². The summed E-state index contributed by atoms with van der Waals surface area (Å²) in [5, 5.41) is 5.27. The van der Waals surface area contributed by atoms with E-state index in [9.17, 15) is 19.0 Å². The van der Waals surface area contributed by atoms with E-state index in [4.69, 9.17) is 9.39 Å². The molecule has 21 heavy (non-hydrogen) atoms. The molecule has 0 spiro atoms. The molecule has 0 radical (unpaired) electrons. The van der Waals surface area contributed by atoms with Gasteiger partial charge in [0.25, 0.3) is 0 Å². The summed E-state index contributed by atoms with van der Waals surface area (Å²) in [5.41, 5.74) is 0.550. The van der Waals surface area contributed by atoms with Crippen LogP contribution in [0.5, 0.6) is 11.5 Å². The van der Waals surface area contributed by atoms with E-state index >= 15 is 0 Å². The van der Waals surface area contributed by atoms with Crippen molar-refractivity contribution in [2.24, 2.45) is 10.3 Å². The largest absolute Gasteiger partial charge is 0.550 e. The third kappa shape index (κ3) is 2.18. The molecule has 0 aromatic heterocycles. The van der Waals surface area contributed by atoms with Crippen molar-refractivity contribution in [3.63, 3.8) is 0 Å². The Hall–Kier alpha value is -2.32. The molecule has 3 rings (SSSR count). The molecule has 9 heteroatoms. The molecule has 1 fully saturated rings. The minimum Gasteiger partial charge on any atom is -0.537 e. The van der Waals surface area contributed by atoms with Crippen molar-refractivity contribution in [1.29, 1.82) is 0 Å². The maximum atomic E-state index is 12.2. The number of fused-ring (bicyclic) bond motifs is 3. The maximum Gasteiger partial charge on any atom is 0.550 e. The predicted molar refractivity (Wildman–Crippen MR) is 71.3 cm³/mol. The van der Waals surface area contributed by atoms with Gasteiger partial charge in [-0.25, -0.2) is 4.39 Å². The Kier molecular flexibility index (Phi) is 3.40. The first kappa shape index (κ1) is 13.7. The number of halogens is 1. The lowest BCUT2D eigenvalue weighted by atomic mass is 9.73. The van der Waals surface area contributed by atoms with E-state index in [1.807, 2.05) is 0 Å². The van der Waals surface area contributed by atoms with E-state index < -0.39 is 19.6 Å². The van der Waals surface area contributed by atoms with Gasteiger partial charge in [0.1, 0.15) is 30.3 Å². The molecule has 1 aliphatic carbocycles. The number of carbonyl (C=O) groups is 1. The van der Waals surface area contributed by atoms with Crippen molar-refractivity contribution < 1.29 is 18.6 Å². The number of amides is 1. The lowest BCUT2D eigenvalue weighted by Crippen LogP contribution is -2.25.